The molecule has 2 N–H and O–H groups in total. The first-order chi connectivity index (χ1) is 4.56. The average molecular weight is 142 g/mol. The lowest BCUT2D eigenvalue weighted by molar-refractivity contribution is 0.486. The van der Waals surface area contributed by atoms with E-state index in [0.717, 1.165) is 6.42 Å². The van der Waals surface area contributed by atoms with Crippen LogP contribution in [0.1, 0.15) is 46.0 Å². The summed E-state index contributed by atoms with van der Waals surface area (Å²) in [6.07, 6.45) is 6.20. The second-order valence-electron chi connectivity index (χ2n) is 3.46. The summed E-state index contributed by atoms with van der Waals surface area (Å²) in [6, 6.07) is 0. The summed E-state index contributed by atoms with van der Waals surface area (Å²) in [5.74, 6) is 0. The topological polar surface area (TPSA) is 26.0 Å². The highest BCUT2D eigenvalue weighted by atomic mass is 14.7. The summed E-state index contributed by atoms with van der Waals surface area (Å²) in [7, 11) is 0. The van der Waals surface area contributed by atoms with Crippen LogP contribution in [0.2, 0.25) is 0 Å². The van der Waals surface area contributed by atoms with E-state index in [1.807, 2.05) is 6.92 Å². The molecule has 1 heteroatoms. The molecule has 1 unspecified atom stereocenters. The molecule has 0 aliphatic carbocycles. The second-order valence-corrected chi connectivity index (χ2v) is 3.46. The van der Waals surface area contributed by atoms with Crippen LogP contribution in [0.15, 0.2) is 0 Å². The first-order valence-electron chi connectivity index (χ1n) is 4.20. The molecule has 0 amide bonds. The van der Waals surface area contributed by atoms with Gasteiger partial charge in [0, 0.05) is 5.54 Å². The van der Waals surface area contributed by atoms with Gasteiger partial charge in [-0.05, 0) is 20.3 Å². The molecule has 0 bridgehead atoms. The molecule has 0 aromatic heterocycles. The summed E-state index contributed by atoms with van der Waals surface area (Å²) in [5, 5.41) is 0. The molecule has 1 radical (unpaired) electrons. The van der Waals surface area contributed by atoms with Crippen LogP contribution < -0.4 is 5.73 Å². The highest BCUT2D eigenvalue weighted by molar-refractivity contribution is 4.80. The van der Waals surface area contributed by atoms with E-state index in [2.05, 4.69) is 13.8 Å². The Morgan fingerprint density at radius 2 is 1.90 bits per heavy atom. The molecular formula is C9H20N. The van der Waals surface area contributed by atoms with Crippen molar-refractivity contribution in [3.63, 3.8) is 0 Å². The van der Waals surface area contributed by atoms with Gasteiger partial charge in [-0.15, -0.1) is 0 Å². The number of nitrogens with two attached hydrogens (primary N) is 1. The minimum Gasteiger partial charge on any atom is -0.325 e. The fourth-order valence-electron chi connectivity index (χ4n) is 0.956. The normalized spacial score (nSPS) is 12.0. The van der Waals surface area contributed by atoms with E-state index in [9.17, 15) is 0 Å². The van der Waals surface area contributed by atoms with E-state index >= 15 is 0 Å². The van der Waals surface area contributed by atoms with E-state index in [1.165, 1.54) is 25.7 Å². The zero-order valence-corrected chi connectivity index (χ0v) is 7.32. The first-order valence-corrected chi connectivity index (χ1v) is 4.20. The van der Waals surface area contributed by atoms with Crippen molar-refractivity contribution in [1.82, 2.24) is 0 Å². The number of hydrogen-bond acceptors (Lipinski definition) is 1. The molecule has 10 heavy (non-hydrogen) atoms. The van der Waals surface area contributed by atoms with Crippen LogP contribution in [0.3, 0.4) is 0 Å². The lowest BCUT2D eigenvalue weighted by Gasteiger charge is -2.17. The largest absolute Gasteiger partial charge is 0.325 e. The van der Waals surface area contributed by atoms with Crippen molar-refractivity contribution in [3.8, 4) is 0 Å². The van der Waals surface area contributed by atoms with Gasteiger partial charge in [0.15, 0.2) is 0 Å². The van der Waals surface area contributed by atoms with E-state index < -0.39 is 0 Å². The third-order valence-corrected chi connectivity index (χ3v) is 1.60. The summed E-state index contributed by atoms with van der Waals surface area (Å²) in [5.41, 5.74) is 5.51. The summed E-state index contributed by atoms with van der Waals surface area (Å²) in [6.45, 7) is 8.05. The van der Waals surface area contributed by atoms with Gasteiger partial charge in [0.05, 0.1) is 0 Å². The van der Waals surface area contributed by atoms with E-state index in [-0.39, 0.29) is 5.54 Å². The first kappa shape index (κ1) is 9.96. The van der Waals surface area contributed by atoms with E-state index in [4.69, 9.17) is 5.73 Å². The van der Waals surface area contributed by atoms with Crippen molar-refractivity contribution < 1.29 is 0 Å². The molecule has 1 nitrogen and oxygen atoms in total. The molecule has 0 rings (SSSR count). The fourth-order valence-corrected chi connectivity index (χ4v) is 0.956. The quantitative estimate of drug-likeness (QED) is 0.586. The minimum atomic E-state index is -0.201. The average Bonchev–Trinajstić information content (AvgIpc) is 1.78. The van der Waals surface area contributed by atoms with Gasteiger partial charge in [-0.1, -0.05) is 32.6 Å². The standard InChI is InChI=1S/C9H20N/c1-4-5-6-7-8-9(2,3)10/h2,4-8,10H2,1,3H3. The molecule has 0 aromatic rings. The summed E-state index contributed by atoms with van der Waals surface area (Å²) < 4.78 is 0. The van der Waals surface area contributed by atoms with Crippen LogP contribution in [-0.4, -0.2) is 5.54 Å². The molecule has 0 saturated carbocycles. The molecule has 0 aliphatic rings. The van der Waals surface area contributed by atoms with Crippen molar-refractivity contribution >= 4 is 0 Å². The Labute approximate surface area is 65.0 Å². The van der Waals surface area contributed by atoms with E-state index in [0.29, 0.717) is 0 Å². The molecule has 0 fully saturated rings. The lowest BCUT2D eigenvalue weighted by atomic mass is 9.98. The minimum absolute atomic E-state index is 0.201. The number of hydrogen-bond donors (Lipinski definition) is 1. The molecule has 1 atom stereocenters. The fraction of sp³-hybridized carbons (Fsp3) is 0.889. The Hall–Kier alpha value is -0.0400. The van der Waals surface area contributed by atoms with Gasteiger partial charge >= 0.3 is 0 Å². The van der Waals surface area contributed by atoms with Crippen LogP contribution in [0, 0.1) is 6.92 Å². The van der Waals surface area contributed by atoms with Gasteiger partial charge in [0.2, 0.25) is 0 Å². The molecule has 61 valence electrons. The molecule has 0 spiro atoms. The lowest BCUT2D eigenvalue weighted by Crippen LogP contribution is -2.31. The molecule has 0 saturated heterocycles. The van der Waals surface area contributed by atoms with Gasteiger partial charge in [-0.25, -0.2) is 0 Å². The van der Waals surface area contributed by atoms with Gasteiger partial charge in [0.25, 0.3) is 0 Å². The summed E-state index contributed by atoms with van der Waals surface area (Å²) in [4.78, 5) is 0. The third-order valence-electron chi connectivity index (χ3n) is 1.60. The number of rotatable bonds is 5. The maximum atomic E-state index is 5.71. The van der Waals surface area contributed by atoms with Gasteiger partial charge < -0.3 is 5.73 Å². The van der Waals surface area contributed by atoms with E-state index in [1.54, 1.807) is 0 Å². The Bertz CT molecular complexity index is 71.3. The zero-order chi connectivity index (χ0) is 8.04. The third kappa shape index (κ3) is 7.96. The summed E-state index contributed by atoms with van der Waals surface area (Å²) >= 11 is 0. The smallest absolute Gasteiger partial charge is 0.0126 e. The van der Waals surface area contributed by atoms with Crippen molar-refractivity contribution in [1.29, 1.82) is 0 Å². The van der Waals surface area contributed by atoms with Crippen molar-refractivity contribution in [3.05, 3.63) is 6.92 Å². The van der Waals surface area contributed by atoms with Crippen LogP contribution in [-0.2, 0) is 0 Å². The van der Waals surface area contributed by atoms with Crippen molar-refractivity contribution in [2.45, 2.75) is 51.5 Å². The molecule has 0 heterocycles. The Balaban J connectivity index is 3.04. The monoisotopic (exact) mass is 142 g/mol. The van der Waals surface area contributed by atoms with Crippen molar-refractivity contribution in [2.75, 3.05) is 0 Å². The Morgan fingerprint density at radius 3 is 2.30 bits per heavy atom. The zero-order valence-electron chi connectivity index (χ0n) is 7.32. The Morgan fingerprint density at radius 1 is 1.30 bits per heavy atom. The van der Waals surface area contributed by atoms with Crippen molar-refractivity contribution in [2.24, 2.45) is 5.73 Å². The predicted molar refractivity (Wildman–Crippen MR) is 46.7 cm³/mol. The Kier molecular flexibility index (Phi) is 4.71. The van der Waals surface area contributed by atoms with Crippen LogP contribution in [0.25, 0.3) is 0 Å². The SMILES string of the molecule is [CH2]C(C)(N)CCCCCC. The predicted octanol–water partition coefficient (Wildman–Crippen LogP) is 2.51. The van der Waals surface area contributed by atoms with Gasteiger partial charge in [-0.2, -0.15) is 0 Å². The molecule has 0 aliphatic heterocycles. The highest BCUT2D eigenvalue weighted by Crippen LogP contribution is 2.10. The maximum absolute atomic E-state index is 5.71. The van der Waals surface area contributed by atoms with Gasteiger partial charge in [0.1, 0.15) is 0 Å². The van der Waals surface area contributed by atoms with Crippen LogP contribution >= 0.6 is 0 Å². The van der Waals surface area contributed by atoms with Crippen LogP contribution in [0.5, 0.6) is 0 Å². The second kappa shape index (κ2) is 4.73. The van der Waals surface area contributed by atoms with Crippen LogP contribution in [0.4, 0.5) is 0 Å². The highest BCUT2D eigenvalue weighted by Gasteiger charge is 2.08. The molecular weight excluding hydrogens is 122 g/mol. The maximum Gasteiger partial charge on any atom is 0.0126 e. The number of unbranched alkanes of at least 4 members (excludes halogenated alkanes) is 3. The molecule has 0 aromatic carbocycles. The van der Waals surface area contributed by atoms with Gasteiger partial charge in [-0.3, -0.25) is 0 Å².